The standard InChI is InChI=1S/C21H19BrClN3O3S/c1-2-28-20(27)10-18-13-30-21(25-18)26-24-11-15-9-16(22)6-7-19(15)29-12-14-4-3-5-17(23)8-14/h3-9,11,13H,2,10,12H2,1H3,(H,25,26). The summed E-state index contributed by atoms with van der Waals surface area (Å²) in [7, 11) is 0. The van der Waals surface area contributed by atoms with Gasteiger partial charge in [-0.15, -0.1) is 11.3 Å². The lowest BCUT2D eigenvalue weighted by molar-refractivity contribution is -0.142. The Bertz CT molecular complexity index is 1040. The van der Waals surface area contributed by atoms with E-state index in [1.165, 1.54) is 11.3 Å². The van der Waals surface area contributed by atoms with Crippen molar-refractivity contribution in [3.05, 3.63) is 74.2 Å². The van der Waals surface area contributed by atoms with E-state index in [-0.39, 0.29) is 12.4 Å². The summed E-state index contributed by atoms with van der Waals surface area (Å²) < 4.78 is 11.8. The summed E-state index contributed by atoms with van der Waals surface area (Å²) in [4.78, 5) is 15.9. The summed E-state index contributed by atoms with van der Waals surface area (Å²) in [5, 5.41) is 7.30. The number of hydrazone groups is 1. The van der Waals surface area contributed by atoms with Gasteiger partial charge in [-0.05, 0) is 42.8 Å². The van der Waals surface area contributed by atoms with E-state index in [0.29, 0.717) is 34.8 Å². The predicted octanol–water partition coefficient (Wildman–Crippen LogP) is 5.69. The summed E-state index contributed by atoms with van der Waals surface area (Å²) >= 11 is 10.9. The van der Waals surface area contributed by atoms with E-state index < -0.39 is 0 Å². The van der Waals surface area contributed by atoms with Crippen LogP contribution in [0.3, 0.4) is 0 Å². The fourth-order valence-electron chi connectivity index (χ4n) is 2.50. The number of hydrogen-bond acceptors (Lipinski definition) is 7. The third-order valence-electron chi connectivity index (χ3n) is 3.80. The number of thiazole rings is 1. The SMILES string of the molecule is CCOC(=O)Cc1csc(NN=Cc2cc(Br)ccc2OCc2cccc(Cl)c2)n1. The van der Waals surface area contributed by atoms with Crippen molar-refractivity contribution < 1.29 is 14.3 Å². The topological polar surface area (TPSA) is 72.8 Å². The number of benzene rings is 2. The van der Waals surface area contributed by atoms with Crippen LogP contribution >= 0.6 is 38.9 Å². The predicted molar refractivity (Wildman–Crippen MR) is 124 cm³/mol. The molecular weight excluding hydrogens is 490 g/mol. The number of halogens is 2. The number of ether oxygens (including phenoxy) is 2. The molecule has 0 radical (unpaired) electrons. The second-order valence-corrected chi connectivity index (χ2v) is 8.31. The highest BCUT2D eigenvalue weighted by molar-refractivity contribution is 9.10. The smallest absolute Gasteiger partial charge is 0.311 e. The van der Waals surface area contributed by atoms with Crippen LogP contribution in [0.5, 0.6) is 5.75 Å². The van der Waals surface area contributed by atoms with Crippen molar-refractivity contribution in [3.8, 4) is 5.75 Å². The number of rotatable bonds is 9. The van der Waals surface area contributed by atoms with E-state index in [1.54, 1.807) is 18.5 Å². The first-order valence-electron chi connectivity index (χ1n) is 9.09. The molecule has 6 nitrogen and oxygen atoms in total. The van der Waals surface area contributed by atoms with E-state index in [2.05, 4.69) is 31.4 Å². The third-order valence-corrected chi connectivity index (χ3v) is 5.33. The second kappa shape index (κ2) is 11.1. The second-order valence-electron chi connectivity index (χ2n) is 6.10. The van der Waals surface area contributed by atoms with Crippen molar-refractivity contribution >= 4 is 56.2 Å². The molecule has 156 valence electrons. The molecule has 1 heterocycles. The Morgan fingerprint density at radius 3 is 3.00 bits per heavy atom. The molecule has 3 aromatic rings. The summed E-state index contributed by atoms with van der Waals surface area (Å²) in [5.41, 5.74) is 5.29. The molecule has 0 saturated heterocycles. The van der Waals surface area contributed by atoms with Crippen molar-refractivity contribution in [1.82, 2.24) is 4.98 Å². The van der Waals surface area contributed by atoms with Gasteiger partial charge in [0.25, 0.3) is 0 Å². The van der Waals surface area contributed by atoms with E-state index >= 15 is 0 Å². The van der Waals surface area contributed by atoms with Crippen molar-refractivity contribution in [2.24, 2.45) is 5.10 Å². The van der Waals surface area contributed by atoms with Crippen molar-refractivity contribution in [2.45, 2.75) is 20.0 Å². The maximum Gasteiger partial charge on any atom is 0.311 e. The molecule has 0 amide bonds. The van der Waals surface area contributed by atoms with Crippen molar-refractivity contribution in [3.63, 3.8) is 0 Å². The van der Waals surface area contributed by atoms with Crippen LogP contribution in [0.15, 0.2) is 57.4 Å². The van der Waals surface area contributed by atoms with Crippen LogP contribution in [-0.4, -0.2) is 23.8 Å². The summed E-state index contributed by atoms with van der Waals surface area (Å²) in [6.45, 7) is 2.52. The highest BCUT2D eigenvalue weighted by atomic mass is 79.9. The van der Waals surface area contributed by atoms with Crippen LogP contribution in [0.2, 0.25) is 5.02 Å². The normalized spacial score (nSPS) is 10.9. The van der Waals surface area contributed by atoms with Gasteiger partial charge in [-0.3, -0.25) is 10.2 Å². The van der Waals surface area contributed by atoms with E-state index in [1.807, 2.05) is 42.5 Å². The van der Waals surface area contributed by atoms with E-state index in [4.69, 9.17) is 21.1 Å². The first-order valence-corrected chi connectivity index (χ1v) is 11.1. The molecule has 2 aromatic carbocycles. The molecule has 0 spiro atoms. The highest BCUT2D eigenvalue weighted by Gasteiger charge is 2.08. The maximum absolute atomic E-state index is 11.5. The lowest BCUT2D eigenvalue weighted by atomic mass is 10.2. The Kier molecular flexibility index (Phi) is 8.24. The maximum atomic E-state index is 11.5. The average molecular weight is 509 g/mol. The van der Waals surface area contributed by atoms with Crippen LogP contribution in [-0.2, 0) is 22.6 Å². The average Bonchev–Trinajstić information content (AvgIpc) is 3.14. The van der Waals surface area contributed by atoms with Crippen molar-refractivity contribution in [1.29, 1.82) is 0 Å². The first kappa shape index (κ1) is 22.3. The zero-order chi connectivity index (χ0) is 21.3. The van der Waals surface area contributed by atoms with Crippen molar-refractivity contribution in [2.75, 3.05) is 12.0 Å². The molecule has 0 atom stereocenters. The van der Waals surface area contributed by atoms with Gasteiger partial charge in [-0.25, -0.2) is 4.98 Å². The molecule has 30 heavy (non-hydrogen) atoms. The van der Waals surface area contributed by atoms with Gasteiger partial charge in [-0.1, -0.05) is 39.7 Å². The molecule has 0 unspecified atom stereocenters. The van der Waals surface area contributed by atoms with Gasteiger partial charge in [0, 0.05) is 20.4 Å². The molecule has 9 heteroatoms. The zero-order valence-electron chi connectivity index (χ0n) is 16.1. The number of nitrogens with one attached hydrogen (secondary N) is 1. The van der Waals surface area contributed by atoms with Crippen LogP contribution < -0.4 is 10.2 Å². The number of carbonyl (C=O) groups is 1. The Balaban J connectivity index is 1.63. The van der Waals surface area contributed by atoms with Gasteiger partial charge in [0.15, 0.2) is 0 Å². The molecule has 0 aliphatic rings. The van der Waals surface area contributed by atoms with Crippen LogP contribution in [0.1, 0.15) is 23.7 Å². The molecule has 1 N–H and O–H groups in total. The largest absolute Gasteiger partial charge is 0.488 e. The monoisotopic (exact) mass is 507 g/mol. The minimum atomic E-state index is -0.298. The molecule has 3 rings (SSSR count). The Labute approximate surface area is 192 Å². The van der Waals surface area contributed by atoms with Gasteiger partial charge in [0.05, 0.1) is 24.9 Å². The van der Waals surface area contributed by atoms with Gasteiger partial charge < -0.3 is 9.47 Å². The molecule has 1 aromatic heterocycles. The molecule has 0 bridgehead atoms. The third kappa shape index (κ3) is 6.83. The number of aromatic nitrogens is 1. The Morgan fingerprint density at radius 1 is 1.33 bits per heavy atom. The minimum Gasteiger partial charge on any atom is -0.488 e. The lowest BCUT2D eigenvalue weighted by Gasteiger charge is -2.10. The molecule has 0 saturated carbocycles. The van der Waals surface area contributed by atoms with Gasteiger partial charge in [0.1, 0.15) is 12.4 Å². The lowest BCUT2D eigenvalue weighted by Crippen LogP contribution is -2.07. The number of esters is 1. The van der Waals surface area contributed by atoms with Gasteiger partial charge >= 0.3 is 5.97 Å². The Morgan fingerprint density at radius 2 is 2.20 bits per heavy atom. The van der Waals surface area contributed by atoms with Crippen LogP contribution in [0.25, 0.3) is 0 Å². The summed E-state index contributed by atoms with van der Waals surface area (Å²) in [6, 6.07) is 13.2. The fraction of sp³-hybridized carbons (Fsp3) is 0.190. The molecule has 0 fully saturated rings. The number of hydrogen-bond donors (Lipinski definition) is 1. The van der Waals surface area contributed by atoms with Gasteiger partial charge in [0.2, 0.25) is 5.13 Å². The zero-order valence-corrected chi connectivity index (χ0v) is 19.3. The first-order chi connectivity index (χ1) is 14.5. The number of nitrogens with zero attached hydrogens (tertiary/aromatic N) is 2. The molecule has 0 aliphatic carbocycles. The van der Waals surface area contributed by atoms with Crippen LogP contribution in [0, 0.1) is 0 Å². The number of anilines is 1. The Hall–Kier alpha value is -2.42. The minimum absolute atomic E-state index is 0.142. The fourth-order valence-corrected chi connectivity index (χ4v) is 3.75. The quantitative estimate of drug-likeness (QED) is 0.228. The molecule has 0 aliphatic heterocycles. The van der Waals surface area contributed by atoms with Gasteiger partial charge in [-0.2, -0.15) is 5.10 Å². The summed E-state index contributed by atoms with van der Waals surface area (Å²) in [6.07, 6.45) is 1.80. The number of carbonyl (C=O) groups excluding carboxylic acids is 1. The highest BCUT2D eigenvalue weighted by Crippen LogP contribution is 2.24. The van der Waals surface area contributed by atoms with E-state index in [0.717, 1.165) is 15.6 Å². The van der Waals surface area contributed by atoms with E-state index in [9.17, 15) is 4.79 Å². The summed E-state index contributed by atoms with van der Waals surface area (Å²) in [5.74, 6) is 0.388. The van der Waals surface area contributed by atoms with Crippen LogP contribution in [0.4, 0.5) is 5.13 Å². The molecular formula is C21H19BrClN3O3S.